The highest BCUT2D eigenvalue weighted by atomic mass is 32.2. The molecule has 0 fully saturated rings. The van der Waals surface area contributed by atoms with Crippen LogP contribution in [0.4, 0.5) is 0 Å². The van der Waals surface area contributed by atoms with Gasteiger partial charge in [-0.15, -0.1) is 11.8 Å². The smallest absolute Gasteiger partial charge is 0.326 e. The summed E-state index contributed by atoms with van der Waals surface area (Å²) in [6, 6.07) is 22.1. The number of hydrogen-bond donors (Lipinski definition) is 4. The molecule has 3 aromatic rings. The van der Waals surface area contributed by atoms with Crippen molar-refractivity contribution in [2.45, 2.75) is 30.9 Å². The predicted molar refractivity (Wildman–Crippen MR) is 136 cm³/mol. The lowest BCUT2D eigenvalue weighted by Gasteiger charge is -2.22. The second-order valence-electron chi connectivity index (χ2n) is 7.84. The molecule has 36 heavy (non-hydrogen) atoms. The van der Waals surface area contributed by atoms with Crippen molar-refractivity contribution in [3.05, 3.63) is 107 Å². The molecule has 9 heteroatoms. The minimum absolute atomic E-state index is 0.0176. The molecule has 1 amide bonds. The average Bonchev–Trinajstić information content (AvgIpc) is 2.89. The Labute approximate surface area is 213 Å². The van der Waals surface area contributed by atoms with Gasteiger partial charge in [0.05, 0.1) is 11.5 Å². The van der Waals surface area contributed by atoms with Gasteiger partial charge in [0.1, 0.15) is 17.7 Å². The zero-order valence-electron chi connectivity index (χ0n) is 19.3. The molecule has 8 nitrogen and oxygen atoms in total. The molecule has 0 aliphatic rings. The first-order valence-corrected chi connectivity index (χ1v) is 12.1. The van der Waals surface area contributed by atoms with Crippen molar-refractivity contribution in [1.82, 2.24) is 10.8 Å². The highest BCUT2D eigenvalue weighted by molar-refractivity contribution is 8.02. The summed E-state index contributed by atoms with van der Waals surface area (Å²) in [5.41, 5.74) is 5.00. The lowest BCUT2D eigenvalue weighted by atomic mass is 10.1. The fourth-order valence-corrected chi connectivity index (χ4v) is 4.13. The quantitative estimate of drug-likeness (QED) is 0.206. The molecule has 0 heterocycles. The van der Waals surface area contributed by atoms with E-state index in [1.807, 2.05) is 66.6 Å². The summed E-state index contributed by atoms with van der Waals surface area (Å²) in [5, 5.41) is 21.6. The molecule has 0 saturated carbocycles. The summed E-state index contributed by atoms with van der Waals surface area (Å²) in [5.74, 6) is 0.282. The number of rotatable bonds is 13. The number of phenolic OH excluding ortho intramolecular Hbond substituents is 1. The van der Waals surface area contributed by atoms with Gasteiger partial charge in [-0.1, -0.05) is 72.8 Å². The molecule has 0 bridgehead atoms. The first kappa shape index (κ1) is 26.7. The number of hydrogen-bond acceptors (Lipinski definition) is 7. The van der Waals surface area contributed by atoms with Crippen molar-refractivity contribution in [2.24, 2.45) is 0 Å². The number of carbonyl (C=O) groups is 2. The largest absolute Gasteiger partial charge is 0.508 e. The van der Waals surface area contributed by atoms with Crippen LogP contribution in [0.5, 0.6) is 5.75 Å². The third-order valence-corrected chi connectivity index (χ3v) is 6.24. The number of amides is 1. The third-order valence-electron chi connectivity index (χ3n) is 5.14. The lowest BCUT2D eigenvalue weighted by molar-refractivity contribution is -0.142. The number of carbonyl (C=O) groups excluding carboxylic acids is 2. The van der Waals surface area contributed by atoms with Gasteiger partial charge in [0.15, 0.2) is 6.04 Å². The molecule has 0 saturated heterocycles. The van der Waals surface area contributed by atoms with Crippen LogP contribution in [0.1, 0.15) is 16.7 Å². The molecular weight excluding hydrogens is 480 g/mol. The number of carboxylic acid groups (broad SMARTS) is 1. The first-order valence-electron chi connectivity index (χ1n) is 11.1. The van der Waals surface area contributed by atoms with Gasteiger partial charge in [-0.3, -0.25) is 9.63 Å². The Hall–Kier alpha value is -3.88. The van der Waals surface area contributed by atoms with E-state index in [2.05, 4.69) is 10.8 Å². The van der Waals surface area contributed by atoms with Gasteiger partial charge >= 0.3 is 5.97 Å². The van der Waals surface area contributed by atoms with Crippen LogP contribution in [-0.4, -0.2) is 40.1 Å². The van der Waals surface area contributed by atoms with Crippen molar-refractivity contribution in [2.75, 3.05) is 0 Å². The van der Waals surface area contributed by atoms with Crippen LogP contribution >= 0.6 is 11.8 Å². The van der Waals surface area contributed by atoms with Gasteiger partial charge < -0.3 is 15.5 Å². The number of hydroxylamine groups is 1. The number of thioether (sulfide) groups is 1. The van der Waals surface area contributed by atoms with Crippen molar-refractivity contribution in [3.8, 4) is 5.75 Å². The van der Waals surface area contributed by atoms with E-state index in [0.717, 1.165) is 22.9 Å². The van der Waals surface area contributed by atoms with Gasteiger partial charge in [-0.25, -0.2) is 9.59 Å². The molecule has 0 spiro atoms. The Bertz CT molecular complexity index is 1180. The van der Waals surface area contributed by atoms with Crippen LogP contribution in [0.25, 0.3) is 0 Å². The highest BCUT2D eigenvalue weighted by Gasteiger charge is 2.29. The molecule has 0 radical (unpaired) electrons. The number of phenols is 1. The van der Waals surface area contributed by atoms with Crippen LogP contribution in [0.2, 0.25) is 0 Å². The Balaban J connectivity index is 1.73. The summed E-state index contributed by atoms with van der Waals surface area (Å²) in [7, 11) is 0. The molecule has 3 rings (SSSR count). The fraction of sp³-hybridized carbons (Fsp3) is 0.185. The van der Waals surface area contributed by atoms with Crippen molar-refractivity contribution >= 4 is 29.6 Å². The van der Waals surface area contributed by atoms with Gasteiger partial charge in [0.25, 0.3) is 0 Å². The minimum atomic E-state index is -1.28. The molecule has 0 aliphatic heterocycles. The van der Waals surface area contributed by atoms with E-state index in [9.17, 15) is 24.6 Å². The monoisotopic (exact) mass is 506 g/mol. The second kappa shape index (κ2) is 13.9. The predicted octanol–water partition coefficient (Wildman–Crippen LogP) is 3.24. The van der Waals surface area contributed by atoms with E-state index in [1.54, 1.807) is 12.1 Å². The molecule has 0 unspecified atom stereocenters. The Morgan fingerprint density at radius 3 is 2.08 bits per heavy atom. The third kappa shape index (κ3) is 8.41. The van der Waals surface area contributed by atoms with Gasteiger partial charge in [-0.2, -0.15) is 5.48 Å². The summed E-state index contributed by atoms with van der Waals surface area (Å²) in [4.78, 5) is 42.4. The van der Waals surface area contributed by atoms with Gasteiger partial charge in [0.2, 0.25) is 5.91 Å². The molecular formula is C27H26N2O6S. The first-order chi connectivity index (χ1) is 17.5. The van der Waals surface area contributed by atoms with E-state index in [4.69, 9.17) is 4.84 Å². The minimum Gasteiger partial charge on any atom is -0.508 e. The number of carboxylic acids is 1. The molecule has 0 aliphatic carbocycles. The maximum absolute atomic E-state index is 13.2. The Morgan fingerprint density at radius 2 is 1.50 bits per heavy atom. The summed E-state index contributed by atoms with van der Waals surface area (Å²) in [6.45, 7) is 0.121. The zero-order valence-corrected chi connectivity index (χ0v) is 20.1. The Morgan fingerprint density at radius 1 is 0.889 bits per heavy atom. The normalized spacial score (nSPS) is 12.2. The van der Waals surface area contributed by atoms with E-state index in [1.165, 1.54) is 12.1 Å². The van der Waals surface area contributed by atoms with Crippen molar-refractivity contribution in [1.29, 1.82) is 0 Å². The van der Waals surface area contributed by atoms with Crippen LogP contribution in [0.15, 0.2) is 89.8 Å². The molecule has 186 valence electrons. The standard InChI is InChI=1S/C27H26N2O6S/c30-16-24(36-18-21-9-5-2-6-10-21)25(29-35-17-20-7-3-1-4-8-20)26(32)28-23(27(33)34)15-19-11-13-22(31)14-12-19/h1-14,23,25,29,31H,15,17-18H2,(H,28,32)(H,33,34)/t23-,25-/m0/s1. The zero-order chi connectivity index (χ0) is 25.8. The number of benzene rings is 3. The van der Waals surface area contributed by atoms with Crippen LogP contribution in [0.3, 0.4) is 0 Å². The van der Waals surface area contributed by atoms with E-state index in [-0.39, 0.29) is 23.7 Å². The molecule has 4 N–H and O–H groups in total. The van der Waals surface area contributed by atoms with Gasteiger partial charge in [0, 0.05) is 12.2 Å². The van der Waals surface area contributed by atoms with Crippen LogP contribution in [-0.2, 0) is 38.0 Å². The Kier molecular flexibility index (Phi) is 10.3. The maximum Gasteiger partial charge on any atom is 0.326 e. The van der Waals surface area contributed by atoms with E-state index >= 15 is 0 Å². The average molecular weight is 507 g/mol. The van der Waals surface area contributed by atoms with Crippen molar-refractivity contribution < 1.29 is 29.4 Å². The van der Waals surface area contributed by atoms with Gasteiger partial charge in [-0.05, 0) is 28.8 Å². The van der Waals surface area contributed by atoms with E-state index < -0.39 is 24.0 Å². The fourth-order valence-electron chi connectivity index (χ4n) is 3.24. The molecule has 0 aromatic heterocycles. The second-order valence-corrected chi connectivity index (χ2v) is 8.85. The number of aliphatic carboxylic acids is 1. The molecule has 2 atom stereocenters. The lowest BCUT2D eigenvalue weighted by Crippen LogP contribution is -2.51. The van der Waals surface area contributed by atoms with Crippen molar-refractivity contribution in [3.63, 3.8) is 0 Å². The summed E-state index contributed by atoms with van der Waals surface area (Å²) >= 11 is 1.11. The van der Waals surface area contributed by atoms with Crippen LogP contribution < -0.4 is 10.8 Å². The van der Waals surface area contributed by atoms with E-state index in [0.29, 0.717) is 11.3 Å². The topological polar surface area (TPSA) is 125 Å². The van der Waals surface area contributed by atoms with Crippen LogP contribution in [0, 0.1) is 0 Å². The summed E-state index contributed by atoms with van der Waals surface area (Å²) < 4.78 is 0. The molecule has 3 aromatic carbocycles. The number of aromatic hydroxyl groups is 1. The highest BCUT2D eigenvalue weighted by Crippen LogP contribution is 2.23. The summed E-state index contributed by atoms with van der Waals surface area (Å²) in [6.07, 6.45) is -0.0176. The SMILES string of the molecule is O=C=C(SCc1ccccc1)[C@H](NOCc1ccccc1)C(=O)N[C@@H](Cc1ccc(O)cc1)C(=O)O. The number of nitrogens with one attached hydrogen (secondary N) is 2. The maximum atomic E-state index is 13.2.